The fourth-order valence-corrected chi connectivity index (χ4v) is 1.51. The molecule has 2 heterocycles. The Labute approximate surface area is 77.2 Å². The summed E-state index contributed by atoms with van der Waals surface area (Å²) in [5.74, 6) is 0.569. The van der Waals surface area contributed by atoms with Gasteiger partial charge in [0.05, 0.1) is 0 Å². The third-order valence-electron chi connectivity index (χ3n) is 2.53. The third-order valence-corrected chi connectivity index (χ3v) is 2.53. The van der Waals surface area contributed by atoms with Crippen molar-refractivity contribution in [3.8, 4) is 0 Å². The molecule has 3 heteroatoms. The molecule has 0 fully saturated rings. The van der Waals surface area contributed by atoms with E-state index < -0.39 is 0 Å². The molecular formula is C10H13N3. The highest BCUT2D eigenvalue weighted by Gasteiger charge is 2.09. The van der Waals surface area contributed by atoms with Crippen LogP contribution in [0.4, 0.5) is 0 Å². The van der Waals surface area contributed by atoms with Crippen LogP contribution < -0.4 is 0 Å². The van der Waals surface area contributed by atoms with E-state index in [9.17, 15) is 0 Å². The van der Waals surface area contributed by atoms with Crippen LogP contribution in [0.25, 0.3) is 11.0 Å². The molecule has 0 radical (unpaired) electrons. The van der Waals surface area contributed by atoms with E-state index in [4.69, 9.17) is 0 Å². The molecule has 0 saturated heterocycles. The first-order valence-corrected chi connectivity index (χ1v) is 4.60. The van der Waals surface area contributed by atoms with Crippen LogP contribution in [0.5, 0.6) is 0 Å². The standard InChI is InChI=1S/C10H13N3/c1-3-7(2)8-5-12-10-9(8)4-11-6-13-10/h4-7H,3H2,1-2H3,(H,11,12,13). The van der Waals surface area contributed by atoms with Gasteiger partial charge in [-0.1, -0.05) is 13.8 Å². The van der Waals surface area contributed by atoms with Crippen LogP contribution in [0.15, 0.2) is 18.7 Å². The number of aromatic amines is 1. The smallest absolute Gasteiger partial charge is 0.140 e. The number of fused-ring (bicyclic) bond motifs is 1. The van der Waals surface area contributed by atoms with Crippen molar-refractivity contribution in [1.82, 2.24) is 15.0 Å². The van der Waals surface area contributed by atoms with Crippen LogP contribution >= 0.6 is 0 Å². The highest BCUT2D eigenvalue weighted by Crippen LogP contribution is 2.25. The normalized spacial score (nSPS) is 13.4. The predicted octanol–water partition coefficient (Wildman–Crippen LogP) is 2.47. The average Bonchev–Trinajstić information content (AvgIpc) is 2.60. The lowest BCUT2D eigenvalue weighted by atomic mass is 10.00. The van der Waals surface area contributed by atoms with Gasteiger partial charge in [-0.3, -0.25) is 0 Å². The van der Waals surface area contributed by atoms with E-state index in [0.717, 1.165) is 17.5 Å². The summed E-state index contributed by atoms with van der Waals surface area (Å²) in [7, 11) is 0. The quantitative estimate of drug-likeness (QED) is 0.761. The van der Waals surface area contributed by atoms with Crippen LogP contribution in [-0.2, 0) is 0 Å². The number of nitrogens with zero attached hydrogens (tertiary/aromatic N) is 2. The van der Waals surface area contributed by atoms with Crippen LogP contribution in [-0.4, -0.2) is 15.0 Å². The number of rotatable bonds is 2. The van der Waals surface area contributed by atoms with Gasteiger partial charge in [0.2, 0.25) is 0 Å². The molecule has 3 nitrogen and oxygen atoms in total. The molecule has 0 bridgehead atoms. The summed E-state index contributed by atoms with van der Waals surface area (Å²) in [5, 5.41) is 1.15. The Kier molecular flexibility index (Phi) is 2.00. The van der Waals surface area contributed by atoms with Crippen molar-refractivity contribution in [2.75, 3.05) is 0 Å². The van der Waals surface area contributed by atoms with Crippen LogP contribution in [0.2, 0.25) is 0 Å². The largest absolute Gasteiger partial charge is 0.346 e. The molecule has 0 aliphatic rings. The molecule has 68 valence electrons. The summed E-state index contributed by atoms with van der Waals surface area (Å²) in [5.41, 5.74) is 2.25. The predicted molar refractivity (Wildman–Crippen MR) is 52.6 cm³/mol. The summed E-state index contributed by atoms with van der Waals surface area (Å²) in [4.78, 5) is 11.3. The van der Waals surface area contributed by atoms with Gasteiger partial charge in [0.1, 0.15) is 12.0 Å². The maximum absolute atomic E-state index is 4.15. The van der Waals surface area contributed by atoms with Gasteiger partial charge >= 0.3 is 0 Å². The second-order valence-corrected chi connectivity index (χ2v) is 3.34. The number of hydrogen-bond acceptors (Lipinski definition) is 2. The molecule has 0 amide bonds. The minimum absolute atomic E-state index is 0.569. The molecule has 1 atom stereocenters. The molecule has 2 rings (SSSR count). The van der Waals surface area contributed by atoms with E-state index in [1.54, 1.807) is 6.33 Å². The fraction of sp³-hybridized carbons (Fsp3) is 0.400. The van der Waals surface area contributed by atoms with Gasteiger partial charge in [-0.05, 0) is 17.9 Å². The number of hydrogen-bond donors (Lipinski definition) is 1. The first-order chi connectivity index (χ1) is 6.33. The first kappa shape index (κ1) is 8.23. The number of nitrogens with one attached hydrogen (secondary N) is 1. The zero-order chi connectivity index (χ0) is 9.26. The second kappa shape index (κ2) is 3.17. The first-order valence-electron chi connectivity index (χ1n) is 4.60. The van der Waals surface area contributed by atoms with Crippen LogP contribution in [0, 0.1) is 0 Å². The molecule has 2 aromatic heterocycles. The summed E-state index contributed by atoms with van der Waals surface area (Å²) >= 11 is 0. The summed E-state index contributed by atoms with van der Waals surface area (Å²) < 4.78 is 0. The lowest BCUT2D eigenvalue weighted by Gasteiger charge is -2.05. The highest BCUT2D eigenvalue weighted by atomic mass is 14.9. The molecular weight excluding hydrogens is 162 g/mol. The Morgan fingerprint density at radius 1 is 1.54 bits per heavy atom. The lowest BCUT2D eigenvalue weighted by molar-refractivity contribution is 0.739. The van der Waals surface area contributed by atoms with E-state index in [2.05, 4.69) is 28.8 Å². The van der Waals surface area contributed by atoms with Gasteiger partial charge in [0, 0.05) is 17.8 Å². The van der Waals surface area contributed by atoms with Crippen molar-refractivity contribution in [3.63, 3.8) is 0 Å². The maximum Gasteiger partial charge on any atom is 0.140 e. The average molecular weight is 175 g/mol. The van der Waals surface area contributed by atoms with Gasteiger partial charge in [-0.2, -0.15) is 0 Å². The number of aromatic nitrogens is 3. The van der Waals surface area contributed by atoms with Crippen molar-refractivity contribution in [3.05, 3.63) is 24.3 Å². The van der Waals surface area contributed by atoms with Crippen molar-refractivity contribution in [2.45, 2.75) is 26.2 Å². The van der Waals surface area contributed by atoms with Gasteiger partial charge < -0.3 is 4.98 Å². The van der Waals surface area contributed by atoms with Crippen LogP contribution in [0.3, 0.4) is 0 Å². The van der Waals surface area contributed by atoms with Gasteiger partial charge in [-0.25, -0.2) is 9.97 Å². The Hall–Kier alpha value is -1.38. The minimum Gasteiger partial charge on any atom is -0.346 e. The topological polar surface area (TPSA) is 41.6 Å². The van der Waals surface area contributed by atoms with Crippen molar-refractivity contribution in [1.29, 1.82) is 0 Å². The van der Waals surface area contributed by atoms with Crippen molar-refractivity contribution >= 4 is 11.0 Å². The minimum atomic E-state index is 0.569. The monoisotopic (exact) mass is 175 g/mol. The van der Waals surface area contributed by atoms with E-state index >= 15 is 0 Å². The third kappa shape index (κ3) is 1.30. The van der Waals surface area contributed by atoms with Crippen molar-refractivity contribution < 1.29 is 0 Å². The van der Waals surface area contributed by atoms with Crippen LogP contribution in [0.1, 0.15) is 31.7 Å². The summed E-state index contributed by atoms with van der Waals surface area (Å²) in [6.07, 6.45) is 6.62. The van der Waals surface area contributed by atoms with E-state index in [1.807, 2.05) is 12.4 Å². The molecule has 1 unspecified atom stereocenters. The Balaban J connectivity index is 2.57. The number of H-pyrrole nitrogens is 1. The SMILES string of the molecule is CCC(C)c1c[nH]c2ncncc12. The molecule has 0 saturated carbocycles. The lowest BCUT2D eigenvalue weighted by Crippen LogP contribution is -1.89. The zero-order valence-electron chi connectivity index (χ0n) is 7.91. The molecule has 0 aromatic carbocycles. The summed E-state index contributed by atoms with van der Waals surface area (Å²) in [6.45, 7) is 4.41. The molecule has 0 aliphatic heterocycles. The molecule has 0 aliphatic carbocycles. The van der Waals surface area contributed by atoms with Crippen molar-refractivity contribution in [2.24, 2.45) is 0 Å². The van der Waals surface area contributed by atoms with Gasteiger partial charge in [-0.15, -0.1) is 0 Å². The van der Waals surface area contributed by atoms with E-state index in [-0.39, 0.29) is 0 Å². The molecule has 1 N–H and O–H groups in total. The zero-order valence-corrected chi connectivity index (χ0v) is 7.91. The Morgan fingerprint density at radius 2 is 2.38 bits per heavy atom. The summed E-state index contributed by atoms with van der Waals surface area (Å²) in [6, 6.07) is 0. The molecule has 0 spiro atoms. The molecule has 13 heavy (non-hydrogen) atoms. The highest BCUT2D eigenvalue weighted by molar-refractivity contribution is 5.79. The fourth-order valence-electron chi connectivity index (χ4n) is 1.51. The van der Waals surface area contributed by atoms with Gasteiger partial charge in [0.15, 0.2) is 0 Å². The molecule has 2 aromatic rings. The van der Waals surface area contributed by atoms with Gasteiger partial charge in [0.25, 0.3) is 0 Å². The van der Waals surface area contributed by atoms with E-state index in [1.165, 1.54) is 5.56 Å². The Morgan fingerprint density at radius 3 is 3.15 bits per heavy atom. The Bertz CT molecular complexity index is 405. The second-order valence-electron chi connectivity index (χ2n) is 3.34. The maximum atomic E-state index is 4.15. The van der Waals surface area contributed by atoms with E-state index in [0.29, 0.717) is 5.92 Å².